The van der Waals surface area contributed by atoms with Crippen molar-refractivity contribution in [2.45, 2.75) is 39.2 Å². The molecule has 1 aromatic carbocycles. The average Bonchev–Trinajstić information content (AvgIpc) is 2.36. The van der Waals surface area contributed by atoms with Gasteiger partial charge in [0.15, 0.2) is 0 Å². The van der Waals surface area contributed by atoms with Crippen LogP contribution in [0.15, 0.2) is 30.3 Å². The van der Waals surface area contributed by atoms with Crippen LogP contribution in [0.5, 0.6) is 0 Å². The highest BCUT2D eigenvalue weighted by Crippen LogP contribution is 2.13. The Morgan fingerprint density at radius 3 is 2.35 bits per heavy atom. The normalized spacial score (nSPS) is 12.8. The molecule has 0 fully saturated rings. The molecule has 1 amide bonds. The van der Waals surface area contributed by atoms with E-state index < -0.39 is 23.4 Å². The van der Waals surface area contributed by atoms with Gasteiger partial charge in [-0.1, -0.05) is 30.3 Å². The molecule has 0 saturated heterocycles. The van der Waals surface area contributed by atoms with E-state index in [0.717, 1.165) is 5.56 Å². The number of rotatable bonds is 6. The molecular weight excluding hydrogens is 258 g/mol. The van der Waals surface area contributed by atoms with Crippen molar-refractivity contribution in [1.29, 1.82) is 0 Å². The van der Waals surface area contributed by atoms with E-state index in [0.29, 0.717) is 6.42 Å². The van der Waals surface area contributed by atoms with Crippen molar-refractivity contribution in [3.05, 3.63) is 35.9 Å². The summed E-state index contributed by atoms with van der Waals surface area (Å²) in [7, 11) is 0. The summed E-state index contributed by atoms with van der Waals surface area (Å²) in [5.74, 6) is -2.18. The average molecular weight is 279 g/mol. The molecule has 0 unspecified atom stereocenters. The van der Waals surface area contributed by atoms with Gasteiger partial charge in [-0.25, -0.2) is 5.48 Å². The third-order valence-corrected chi connectivity index (χ3v) is 2.58. The molecule has 110 valence electrons. The Balaban J connectivity index is 2.55. The maximum atomic E-state index is 11.7. The van der Waals surface area contributed by atoms with Crippen LogP contribution in [0.4, 0.5) is 0 Å². The fourth-order valence-electron chi connectivity index (χ4n) is 1.62. The second kappa shape index (κ2) is 7.05. The number of carboxylic acid groups (broad SMARTS) is 1. The predicted molar refractivity (Wildman–Crippen MR) is 74.9 cm³/mol. The molecule has 0 aliphatic heterocycles. The van der Waals surface area contributed by atoms with E-state index in [1.807, 2.05) is 30.3 Å². The number of carboxylic acids is 1. The highest BCUT2D eigenvalue weighted by atomic mass is 16.7. The fraction of sp³-hybridized carbons (Fsp3) is 0.467. The van der Waals surface area contributed by atoms with Crippen molar-refractivity contribution in [2.24, 2.45) is 5.92 Å². The van der Waals surface area contributed by atoms with Crippen LogP contribution in [0.1, 0.15) is 32.8 Å². The molecule has 20 heavy (non-hydrogen) atoms. The molecule has 0 aliphatic rings. The van der Waals surface area contributed by atoms with Gasteiger partial charge in [-0.05, 0) is 32.8 Å². The molecule has 0 saturated carbocycles. The van der Waals surface area contributed by atoms with E-state index in [1.165, 1.54) is 0 Å². The van der Waals surface area contributed by atoms with Crippen molar-refractivity contribution in [1.82, 2.24) is 5.48 Å². The van der Waals surface area contributed by atoms with E-state index in [2.05, 4.69) is 5.48 Å². The molecule has 1 rings (SSSR count). The lowest BCUT2D eigenvalue weighted by Gasteiger charge is -2.20. The Kier molecular flexibility index (Phi) is 5.70. The lowest BCUT2D eigenvalue weighted by atomic mass is 9.96. The van der Waals surface area contributed by atoms with Crippen LogP contribution in [0.2, 0.25) is 0 Å². The second-order valence-electron chi connectivity index (χ2n) is 5.67. The van der Waals surface area contributed by atoms with Crippen molar-refractivity contribution in [3.8, 4) is 0 Å². The lowest BCUT2D eigenvalue weighted by molar-refractivity contribution is -0.151. The zero-order valence-electron chi connectivity index (χ0n) is 12.1. The Morgan fingerprint density at radius 2 is 1.85 bits per heavy atom. The molecule has 5 nitrogen and oxygen atoms in total. The lowest BCUT2D eigenvalue weighted by Crippen LogP contribution is -2.35. The summed E-state index contributed by atoms with van der Waals surface area (Å²) < 4.78 is 0. The number of nitrogens with one attached hydrogen (secondary N) is 1. The van der Waals surface area contributed by atoms with Gasteiger partial charge in [0.25, 0.3) is 0 Å². The molecule has 0 aromatic heterocycles. The first-order valence-corrected chi connectivity index (χ1v) is 6.51. The summed E-state index contributed by atoms with van der Waals surface area (Å²) in [6.07, 6.45) is 0.208. The predicted octanol–water partition coefficient (Wildman–Crippen LogP) is 2.17. The van der Waals surface area contributed by atoms with Gasteiger partial charge in [0.2, 0.25) is 5.91 Å². The minimum Gasteiger partial charge on any atom is -0.481 e. The van der Waals surface area contributed by atoms with Crippen molar-refractivity contribution in [3.63, 3.8) is 0 Å². The number of aliphatic carboxylic acids is 1. The highest BCUT2D eigenvalue weighted by molar-refractivity contribution is 5.81. The van der Waals surface area contributed by atoms with Crippen molar-refractivity contribution >= 4 is 11.9 Å². The summed E-state index contributed by atoms with van der Waals surface area (Å²) in [6, 6.07) is 9.25. The van der Waals surface area contributed by atoms with Crippen LogP contribution in [0.25, 0.3) is 0 Å². The smallest absolute Gasteiger partial charge is 0.307 e. The van der Waals surface area contributed by atoms with Gasteiger partial charge in [0.05, 0.1) is 11.5 Å². The number of carbonyl (C=O) groups excluding carboxylic acids is 1. The summed E-state index contributed by atoms with van der Waals surface area (Å²) in [4.78, 5) is 28.0. The summed E-state index contributed by atoms with van der Waals surface area (Å²) >= 11 is 0. The van der Waals surface area contributed by atoms with E-state index in [4.69, 9.17) is 4.84 Å². The van der Waals surface area contributed by atoms with E-state index in [1.54, 1.807) is 20.8 Å². The van der Waals surface area contributed by atoms with Gasteiger partial charge in [-0.3, -0.25) is 14.4 Å². The summed E-state index contributed by atoms with van der Waals surface area (Å²) in [6.45, 7) is 5.39. The minimum atomic E-state index is -0.986. The van der Waals surface area contributed by atoms with Gasteiger partial charge >= 0.3 is 5.97 Å². The van der Waals surface area contributed by atoms with Crippen LogP contribution in [-0.4, -0.2) is 22.6 Å². The molecule has 0 radical (unpaired) electrons. The summed E-state index contributed by atoms with van der Waals surface area (Å²) in [5, 5.41) is 9.19. The van der Waals surface area contributed by atoms with Crippen molar-refractivity contribution < 1.29 is 19.5 Å². The highest BCUT2D eigenvalue weighted by Gasteiger charge is 2.22. The van der Waals surface area contributed by atoms with E-state index in [-0.39, 0.29) is 6.42 Å². The molecule has 5 heteroatoms. The number of hydroxylamine groups is 1. The second-order valence-corrected chi connectivity index (χ2v) is 5.67. The van der Waals surface area contributed by atoms with Crippen LogP contribution < -0.4 is 5.48 Å². The Morgan fingerprint density at radius 1 is 1.25 bits per heavy atom. The molecule has 0 heterocycles. The van der Waals surface area contributed by atoms with Gasteiger partial charge in [-0.15, -0.1) is 0 Å². The third-order valence-electron chi connectivity index (χ3n) is 2.58. The maximum absolute atomic E-state index is 11.7. The molecule has 0 aliphatic carbocycles. The SMILES string of the molecule is CC(C)(C)ONC(=O)C[C@@H](Cc1ccccc1)C(=O)O. The molecule has 1 atom stereocenters. The largest absolute Gasteiger partial charge is 0.481 e. The van der Waals surface area contributed by atoms with E-state index in [9.17, 15) is 14.7 Å². The van der Waals surface area contributed by atoms with E-state index >= 15 is 0 Å². The molecule has 0 bridgehead atoms. The molecule has 2 N–H and O–H groups in total. The van der Waals surface area contributed by atoms with Crippen molar-refractivity contribution in [2.75, 3.05) is 0 Å². The first kappa shape index (κ1) is 16.2. The van der Waals surface area contributed by atoms with Gasteiger partial charge < -0.3 is 5.11 Å². The number of benzene rings is 1. The number of carbonyl (C=O) groups is 2. The van der Waals surface area contributed by atoms with Crippen LogP contribution in [0, 0.1) is 5.92 Å². The topological polar surface area (TPSA) is 75.6 Å². The van der Waals surface area contributed by atoms with Gasteiger partial charge in [-0.2, -0.15) is 0 Å². The summed E-state index contributed by atoms with van der Waals surface area (Å²) in [5.41, 5.74) is 2.68. The van der Waals surface area contributed by atoms with Crippen LogP contribution >= 0.6 is 0 Å². The number of hydrogen-bond donors (Lipinski definition) is 2. The molecule has 0 spiro atoms. The number of hydrogen-bond acceptors (Lipinski definition) is 3. The van der Waals surface area contributed by atoms with Crippen LogP contribution in [-0.2, 0) is 20.8 Å². The first-order chi connectivity index (χ1) is 9.28. The molecular formula is C15H21NO4. The first-order valence-electron chi connectivity index (χ1n) is 6.51. The van der Waals surface area contributed by atoms with Gasteiger partial charge in [0.1, 0.15) is 0 Å². The Labute approximate surface area is 118 Å². The Hall–Kier alpha value is -1.88. The zero-order chi connectivity index (χ0) is 15.2. The standard InChI is InChI=1S/C15H21NO4/c1-15(2,3)20-16-13(17)10-12(14(18)19)9-11-7-5-4-6-8-11/h4-8,12H,9-10H2,1-3H3,(H,16,17)(H,18,19)/t12-/m1/s1. The zero-order valence-corrected chi connectivity index (χ0v) is 12.1. The van der Waals surface area contributed by atoms with Crippen LogP contribution in [0.3, 0.4) is 0 Å². The van der Waals surface area contributed by atoms with Gasteiger partial charge in [0, 0.05) is 6.42 Å². The quantitative estimate of drug-likeness (QED) is 0.782. The fourth-order valence-corrected chi connectivity index (χ4v) is 1.62. The molecule has 1 aromatic rings. The monoisotopic (exact) mass is 279 g/mol. The third kappa shape index (κ3) is 6.33. The number of amides is 1. The minimum absolute atomic E-state index is 0.111. The Bertz CT molecular complexity index is 451. The maximum Gasteiger partial charge on any atom is 0.307 e.